The fourth-order valence-corrected chi connectivity index (χ4v) is 3.31. The van der Waals surface area contributed by atoms with E-state index in [0.717, 1.165) is 37.2 Å². The van der Waals surface area contributed by atoms with Crippen LogP contribution >= 0.6 is 0 Å². The Balaban J connectivity index is 1.54. The number of ketones is 1. The van der Waals surface area contributed by atoms with E-state index >= 15 is 0 Å². The first-order valence-corrected chi connectivity index (χ1v) is 9.53. The van der Waals surface area contributed by atoms with Crippen molar-refractivity contribution < 1.29 is 14.1 Å². The van der Waals surface area contributed by atoms with Crippen molar-refractivity contribution in [3.63, 3.8) is 0 Å². The Bertz CT molecular complexity index is 621. The second kappa shape index (κ2) is 7.43. The van der Waals surface area contributed by atoms with Crippen LogP contribution in [0.5, 0.6) is 0 Å². The minimum atomic E-state index is -0.352. The number of benzene rings is 1. The van der Waals surface area contributed by atoms with Gasteiger partial charge in [-0.25, -0.2) is 0 Å². The number of hydrogen-bond donors (Lipinski definition) is 0. The van der Waals surface area contributed by atoms with Gasteiger partial charge in [0.15, 0.2) is 5.78 Å². The molecule has 2 aliphatic heterocycles. The van der Waals surface area contributed by atoms with E-state index in [-0.39, 0.29) is 24.1 Å². The molecule has 1 aromatic carbocycles. The summed E-state index contributed by atoms with van der Waals surface area (Å²) < 4.78 is 12.2. The fraction of sp³-hybridized carbons (Fsp3) is 0.650. The van der Waals surface area contributed by atoms with Crippen LogP contribution in [-0.4, -0.2) is 73.7 Å². The number of likely N-dealkylation sites (N-methyl/N-ethyl adjacent to an activating group) is 1. The van der Waals surface area contributed by atoms with Gasteiger partial charge in [0, 0.05) is 32.6 Å². The molecule has 5 nitrogen and oxygen atoms in total. The minimum Gasteiger partial charge on any atom is -0.399 e. The lowest BCUT2D eigenvalue weighted by Crippen LogP contribution is -2.46. The molecule has 2 heterocycles. The highest BCUT2D eigenvalue weighted by molar-refractivity contribution is 6.62. The van der Waals surface area contributed by atoms with Crippen molar-refractivity contribution in [1.29, 1.82) is 0 Å². The third kappa shape index (κ3) is 4.37. The van der Waals surface area contributed by atoms with Crippen molar-refractivity contribution in [3.05, 3.63) is 29.8 Å². The van der Waals surface area contributed by atoms with Gasteiger partial charge in [-0.15, -0.1) is 0 Å². The van der Waals surface area contributed by atoms with Crippen molar-refractivity contribution in [2.75, 3.05) is 39.8 Å². The van der Waals surface area contributed by atoms with Gasteiger partial charge < -0.3 is 14.2 Å². The molecule has 0 atom stereocenters. The zero-order valence-corrected chi connectivity index (χ0v) is 16.7. The lowest BCUT2D eigenvalue weighted by molar-refractivity contribution is -0.119. The van der Waals surface area contributed by atoms with Gasteiger partial charge in [0.2, 0.25) is 0 Å². The lowest BCUT2D eigenvalue weighted by atomic mass is 9.78. The Morgan fingerprint density at radius 1 is 1.00 bits per heavy atom. The first-order chi connectivity index (χ1) is 12.2. The lowest BCUT2D eigenvalue weighted by Gasteiger charge is -2.32. The molecule has 0 N–H and O–H groups in total. The second-order valence-electron chi connectivity index (χ2n) is 8.62. The van der Waals surface area contributed by atoms with E-state index in [9.17, 15) is 4.79 Å². The van der Waals surface area contributed by atoms with Crippen LogP contribution < -0.4 is 5.46 Å². The molecule has 6 heteroatoms. The predicted octanol–water partition coefficient (Wildman–Crippen LogP) is 1.34. The molecule has 142 valence electrons. The van der Waals surface area contributed by atoms with Gasteiger partial charge in [0.25, 0.3) is 0 Å². The van der Waals surface area contributed by atoms with E-state index < -0.39 is 0 Å². The van der Waals surface area contributed by atoms with Gasteiger partial charge in [0.05, 0.1) is 17.7 Å². The molecule has 2 fully saturated rings. The molecule has 0 spiro atoms. The maximum absolute atomic E-state index is 12.4. The summed E-state index contributed by atoms with van der Waals surface area (Å²) in [5, 5.41) is 0. The van der Waals surface area contributed by atoms with Crippen molar-refractivity contribution in [3.8, 4) is 0 Å². The Kier molecular flexibility index (Phi) is 5.59. The SMILES string of the molecule is CN1CCN(CC(=O)Cc2ccc(B3OC(C)(C)C(C)(C)O3)cc2)CC1. The highest BCUT2D eigenvalue weighted by Crippen LogP contribution is 2.36. The van der Waals surface area contributed by atoms with Crippen LogP contribution in [0.2, 0.25) is 0 Å². The third-order valence-corrected chi connectivity index (χ3v) is 5.90. The molecule has 3 rings (SSSR count). The molecule has 0 unspecified atom stereocenters. The maximum Gasteiger partial charge on any atom is 0.494 e. The van der Waals surface area contributed by atoms with Crippen LogP contribution in [0, 0.1) is 0 Å². The largest absolute Gasteiger partial charge is 0.494 e. The van der Waals surface area contributed by atoms with E-state index in [1.807, 2.05) is 24.3 Å². The highest BCUT2D eigenvalue weighted by Gasteiger charge is 2.51. The van der Waals surface area contributed by atoms with Gasteiger partial charge in [-0.2, -0.15) is 0 Å². The number of Topliss-reactive ketones (excluding diaryl/α,β-unsaturated/α-hetero) is 1. The average Bonchev–Trinajstić information content (AvgIpc) is 2.78. The quantitative estimate of drug-likeness (QED) is 0.744. The highest BCUT2D eigenvalue weighted by atomic mass is 16.7. The summed E-state index contributed by atoms with van der Waals surface area (Å²) in [5.74, 6) is 0.276. The maximum atomic E-state index is 12.4. The molecule has 0 bridgehead atoms. The summed E-state index contributed by atoms with van der Waals surface area (Å²) in [6, 6.07) is 8.06. The fourth-order valence-electron chi connectivity index (χ4n) is 3.31. The van der Waals surface area contributed by atoms with Gasteiger partial charge in [-0.05, 0) is 45.8 Å². The summed E-state index contributed by atoms with van der Waals surface area (Å²) >= 11 is 0. The van der Waals surface area contributed by atoms with Crippen LogP contribution in [0.1, 0.15) is 33.3 Å². The minimum absolute atomic E-state index is 0.276. The number of carbonyl (C=O) groups is 1. The third-order valence-electron chi connectivity index (χ3n) is 5.90. The zero-order chi connectivity index (χ0) is 18.9. The predicted molar refractivity (Wildman–Crippen MR) is 105 cm³/mol. The molecule has 1 aromatic rings. The van der Waals surface area contributed by atoms with Crippen LogP contribution in [0.3, 0.4) is 0 Å². The summed E-state index contributed by atoms with van der Waals surface area (Å²) in [5.41, 5.74) is 1.37. The Labute approximate surface area is 157 Å². The number of rotatable bonds is 5. The molecule has 0 amide bonds. The van der Waals surface area contributed by atoms with Crippen LogP contribution in [-0.2, 0) is 20.5 Å². The van der Waals surface area contributed by atoms with Crippen LogP contribution in [0.15, 0.2) is 24.3 Å². The zero-order valence-electron chi connectivity index (χ0n) is 16.7. The molecule has 2 aliphatic rings. The summed E-state index contributed by atoms with van der Waals surface area (Å²) in [7, 11) is 1.77. The summed E-state index contributed by atoms with van der Waals surface area (Å²) in [4.78, 5) is 16.9. The molecule has 0 saturated carbocycles. The monoisotopic (exact) mass is 358 g/mol. The van der Waals surface area contributed by atoms with Crippen molar-refractivity contribution in [2.45, 2.75) is 45.3 Å². The Morgan fingerprint density at radius 2 is 1.54 bits per heavy atom. The van der Waals surface area contributed by atoms with Gasteiger partial charge in [-0.3, -0.25) is 9.69 Å². The van der Waals surface area contributed by atoms with Crippen LogP contribution in [0.4, 0.5) is 0 Å². The first kappa shape index (κ1) is 19.6. The van der Waals surface area contributed by atoms with Crippen molar-refractivity contribution >= 4 is 18.4 Å². The Hall–Kier alpha value is -1.21. The normalized spacial score (nSPS) is 23.3. The molecular weight excluding hydrogens is 327 g/mol. The molecule has 26 heavy (non-hydrogen) atoms. The standard InChI is InChI=1S/C20H31BN2O3/c1-19(2)20(3,4)26-21(25-19)17-8-6-16(7-9-17)14-18(24)15-23-12-10-22(5)11-13-23/h6-9H,10-15H2,1-5H3. The van der Waals surface area contributed by atoms with Gasteiger partial charge >= 0.3 is 7.12 Å². The average molecular weight is 358 g/mol. The summed E-state index contributed by atoms with van der Waals surface area (Å²) in [6.07, 6.45) is 0.482. The number of carbonyl (C=O) groups excluding carboxylic acids is 1. The van der Waals surface area contributed by atoms with E-state index in [4.69, 9.17) is 9.31 Å². The van der Waals surface area contributed by atoms with Gasteiger partial charge in [-0.1, -0.05) is 24.3 Å². The number of piperazine rings is 1. The van der Waals surface area contributed by atoms with E-state index in [1.165, 1.54) is 0 Å². The topological polar surface area (TPSA) is 42.0 Å². The Morgan fingerprint density at radius 3 is 2.08 bits per heavy atom. The van der Waals surface area contributed by atoms with Crippen molar-refractivity contribution in [2.24, 2.45) is 0 Å². The molecule has 0 radical (unpaired) electrons. The number of nitrogens with zero attached hydrogens (tertiary/aromatic N) is 2. The van der Waals surface area contributed by atoms with E-state index in [0.29, 0.717) is 13.0 Å². The van der Waals surface area contributed by atoms with Gasteiger partial charge in [0.1, 0.15) is 0 Å². The number of hydrogen-bond acceptors (Lipinski definition) is 5. The van der Waals surface area contributed by atoms with Crippen LogP contribution in [0.25, 0.3) is 0 Å². The second-order valence-corrected chi connectivity index (χ2v) is 8.62. The smallest absolute Gasteiger partial charge is 0.399 e. The summed E-state index contributed by atoms with van der Waals surface area (Å²) in [6.45, 7) is 12.8. The molecule has 0 aromatic heterocycles. The van der Waals surface area contributed by atoms with Crippen molar-refractivity contribution in [1.82, 2.24) is 9.80 Å². The molecular formula is C20H31BN2O3. The molecule has 2 saturated heterocycles. The molecule has 0 aliphatic carbocycles. The first-order valence-electron chi connectivity index (χ1n) is 9.53. The van der Waals surface area contributed by atoms with E-state index in [1.54, 1.807) is 0 Å². The van der Waals surface area contributed by atoms with E-state index in [2.05, 4.69) is 44.5 Å².